The molecule has 0 spiro atoms. The van der Waals surface area contributed by atoms with E-state index >= 15 is 0 Å². The number of ether oxygens (including phenoxy) is 6. The van der Waals surface area contributed by atoms with Crippen molar-refractivity contribution in [3.63, 3.8) is 0 Å². The maximum atomic E-state index is 10.1. The molecule has 0 aromatic rings. The summed E-state index contributed by atoms with van der Waals surface area (Å²) in [4.78, 5) is 0. The molecule has 2 heterocycles. The first-order chi connectivity index (χ1) is 13.8. The minimum Gasteiger partial charge on any atom is -0.388 e. The summed E-state index contributed by atoms with van der Waals surface area (Å²) in [5, 5.41) is 10.1. The van der Waals surface area contributed by atoms with Crippen LogP contribution in [0, 0.1) is 18.3 Å². The molecule has 2 rings (SSSR count). The van der Waals surface area contributed by atoms with Gasteiger partial charge in [-0.15, -0.1) is 6.42 Å². The molecule has 7 nitrogen and oxygen atoms in total. The molecule has 10 atom stereocenters. The van der Waals surface area contributed by atoms with Gasteiger partial charge >= 0.3 is 0 Å². The van der Waals surface area contributed by atoms with E-state index in [9.17, 15) is 5.11 Å². The SMILES string of the molecule is C#C[C@@H](O[C@H]1C[C@H](OC)[C@@H](O[C@H]2C[C@H](OC)[C@@H](O)[C@H](C)O2)[C@H](C)O1)[C@@H](C)/C=C/I. The summed E-state index contributed by atoms with van der Waals surface area (Å²) in [5.41, 5.74) is 0. The van der Waals surface area contributed by atoms with Gasteiger partial charge < -0.3 is 33.5 Å². The predicted molar refractivity (Wildman–Crippen MR) is 116 cm³/mol. The fraction of sp³-hybridized carbons (Fsp3) is 0.810. The topological polar surface area (TPSA) is 75.6 Å². The van der Waals surface area contributed by atoms with Crippen LogP contribution < -0.4 is 0 Å². The fourth-order valence-electron chi connectivity index (χ4n) is 3.71. The Hall–Kier alpha value is -0.250. The summed E-state index contributed by atoms with van der Waals surface area (Å²) in [7, 11) is 3.22. The fourth-order valence-corrected chi connectivity index (χ4v) is 4.37. The zero-order valence-corrected chi connectivity index (χ0v) is 19.9. The first-order valence-corrected chi connectivity index (χ1v) is 11.2. The molecule has 0 saturated carbocycles. The van der Waals surface area contributed by atoms with Crippen LogP contribution >= 0.6 is 22.6 Å². The first kappa shape index (κ1) is 25.0. The lowest BCUT2D eigenvalue weighted by Crippen LogP contribution is -2.55. The number of hydrogen-bond acceptors (Lipinski definition) is 7. The number of halogens is 1. The lowest BCUT2D eigenvalue weighted by atomic mass is 10.00. The highest BCUT2D eigenvalue weighted by molar-refractivity contribution is 14.1. The molecular formula is C21H33IO7. The van der Waals surface area contributed by atoms with Gasteiger partial charge in [-0.2, -0.15) is 0 Å². The normalized spacial score (nSPS) is 40.5. The van der Waals surface area contributed by atoms with Gasteiger partial charge in [0, 0.05) is 33.0 Å². The Morgan fingerprint density at radius 1 is 1.10 bits per heavy atom. The van der Waals surface area contributed by atoms with Crippen LogP contribution in [-0.4, -0.2) is 74.6 Å². The largest absolute Gasteiger partial charge is 0.388 e. The Bertz CT molecular complexity index is 566. The number of aliphatic hydroxyl groups excluding tert-OH is 1. The van der Waals surface area contributed by atoms with E-state index in [1.807, 2.05) is 24.0 Å². The van der Waals surface area contributed by atoms with E-state index < -0.39 is 18.7 Å². The molecule has 0 aromatic carbocycles. The molecule has 8 heteroatoms. The van der Waals surface area contributed by atoms with E-state index in [1.54, 1.807) is 21.1 Å². The molecule has 2 fully saturated rings. The predicted octanol–water partition coefficient (Wildman–Crippen LogP) is 2.64. The van der Waals surface area contributed by atoms with Gasteiger partial charge in [0.2, 0.25) is 0 Å². The lowest BCUT2D eigenvalue weighted by molar-refractivity contribution is -0.317. The minimum atomic E-state index is -0.685. The third-order valence-corrected chi connectivity index (χ3v) is 5.92. The smallest absolute Gasteiger partial charge is 0.162 e. The Balaban J connectivity index is 1.99. The van der Waals surface area contributed by atoms with Gasteiger partial charge in [0.05, 0.1) is 24.4 Å². The monoisotopic (exact) mass is 524 g/mol. The summed E-state index contributed by atoms with van der Waals surface area (Å²) in [5.74, 6) is 2.76. The second kappa shape index (κ2) is 12.0. The summed E-state index contributed by atoms with van der Waals surface area (Å²) < 4.78 is 37.1. The minimum absolute atomic E-state index is 0.0697. The number of aliphatic hydroxyl groups is 1. The van der Waals surface area contributed by atoms with E-state index in [2.05, 4.69) is 28.5 Å². The van der Waals surface area contributed by atoms with Gasteiger partial charge in [-0.05, 0) is 17.9 Å². The quantitative estimate of drug-likeness (QED) is 0.387. The van der Waals surface area contributed by atoms with Crippen molar-refractivity contribution < 1.29 is 33.5 Å². The van der Waals surface area contributed by atoms with Crippen molar-refractivity contribution in [2.24, 2.45) is 5.92 Å². The van der Waals surface area contributed by atoms with Crippen molar-refractivity contribution in [3.8, 4) is 12.3 Å². The van der Waals surface area contributed by atoms with E-state index in [1.165, 1.54) is 0 Å². The number of methoxy groups -OCH3 is 2. The van der Waals surface area contributed by atoms with Crippen LogP contribution in [0.4, 0.5) is 0 Å². The van der Waals surface area contributed by atoms with Crippen molar-refractivity contribution in [1.82, 2.24) is 0 Å². The molecule has 0 aromatic heterocycles. The lowest BCUT2D eigenvalue weighted by Gasteiger charge is -2.44. The Morgan fingerprint density at radius 3 is 2.31 bits per heavy atom. The van der Waals surface area contributed by atoms with Gasteiger partial charge in [-0.1, -0.05) is 41.5 Å². The second-order valence-electron chi connectivity index (χ2n) is 7.55. The zero-order valence-electron chi connectivity index (χ0n) is 17.7. The highest BCUT2D eigenvalue weighted by Crippen LogP contribution is 2.31. The molecular weight excluding hydrogens is 491 g/mol. The molecule has 2 aliphatic rings. The highest BCUT2D eigenvalue weighted by atomic mass is 127. The molecule has 0 radical (unpaired) electrons. The molecule has 2 saturated heterocycles. The van der Waals surface area contributed by atoms with Gasteiger partial charge in [0.25, 0.3) is 0 Å². The molecule has 0 bridgehead atoms. The van der Waals surface area contributed by atoms with Gasteiger partial charge in [-0.25, -0.2) is 0 Å². The third-order valence-electron chi connectivity index (χ3n) is 5.50. The van der Waals surface area contributed by atoms with Crippen LogP contribution in [0.15, 0.2) is 10.2 Å². The van der Waals surface area contributed by atoms with E-state index in [4.69, 9.17) is 34.8 Å². The molecule has 1 N–H and O–H groups in total. The van der Waals surface area contributed by atoms with Gasteiger partial charge in [-0.3, -0.25) is 0 Å². The van der Waals surface area contributed by atoms with Crippen LogP contribution in [0.1, 0.15) is 33.6 Å². The highest BCUT2D eigenvalue weighted by Gasteiger charge is 2.43. The molecule has 0 amide bonds. The molecule has 166 valence electrons. The summed E-state index contributed by atoms with van der Waals surface area (Å²) in [6, 6.07) is 0. The molecule has 0 aliphatic carbocycles. The van der Waals surface area contributed by atoms with Crippen molar-refractivity contribution in [3.05, 3.63) is 10.2 Å². The number of rotatable bonds is 8. The summed E-state index contributed by atoms with van der Waals surface area (Å²) in [6.07, 6.45) is 4.88. The molecule has 29 heavy (non-hydrogen) atoms. The zero-order chi connectivity index (χ0) is 21.6. The van der Waals surface area contributed by atoms with Crippen LogP contribution in [0.3, 0.4) is 0 Å². The maximum Gasteiger partial charge on any atom is 0.162 e. The average molecular weight is 524 g/mol. The van der Waals surface area contributed by atoms with Gasteiger partial charge in [0.15, 0.2) is 12.6 Å². The second-order valence-corrected chi connectivity index (χ2v) is 8.27. The number of hydrogen-bond donors (Lipinski definition) is 1. The van der Waals surface area contributed by atoms with E-state index in [-0.39, 0.29) is 42.5 Å². The Kier molecular flexibility index (Phi) is 10.3. The van der Waals surface area contributed by atoms with Crippen LogP contribution in [0.25, 0.3) is 0 Å². The van der Waals surface area contributed by atoms with Crippen LogP contribution in [0.2, 0.25) is 0 Å². The van der Waals surface area contributed by atoms with Crippen molar-refractivity contribution in [1.29, 1.82) is 0 Å². The Morgan fingerprint density at radius 2 is 1.72 bits per heavy atom. The average Bonchev–Trinajstić information content (AvgIpc) is 2.70. The van der Waals surface area contributed by atoms with Crippen LogP contribution in [0.5, 0.6) is 0 Å². The standard InChI is InChI=1S/C21H33IO7/c1-7-15(12(2)8-9-22)28-18-11-17(25-6)21(14(4)27-18)29-19-10-16(24-5)20(23)13(3)26-19/h1,8-9,12-21,23H,10-11H2,2-6H3/b9-8+/t12-,13-,14-,15+,16-,17-,18-,19-,20-,21-/m0/s1. The van der Waals surface area contributed by atoms with Crippen molar-refractivity contribution >= 4 is 22.6 Å². The molecule has 0 unspecified atom stereocenters. The van der Waals surface area contributed by atoms with E-state index in [0.717, 1.165) is 0 Å². The van der Waals surface area contributed by atoms with Gasteiger partial charge in [0.1, 0.15) is 18.3 Å². The van der Waals surface area contributed by atoms with Crippen molar-refractivity contribution in [2.75, 3.05) is 14.2 Å². The van der Waals surface area contributed by atoms with E-state index in [0.29, 0.717) is 12.8 Å². The maximum absolute atomic E-state index is 10.1. The van der Waals surface area contributed by atoms with Crippen molar-refractivity contribution in [2.45, 2.75) is 88.9 Å². The summed E-state index contributed by atoms with van der Waals surface area (Å²) in [6.45, 7) is 5.73. The van der Waals surface area contributed by atoms with Crippen LogP contribution in [-0.2, 0) is 28.4 Å². The number of terminal acetylenes is 1. The Labute approximate surface area is 187 Å². The summed E-state index contributed by atoms with van der Waals surface area (Å²) >= 11 is 2.16. The first-order valence-electron chi connectivity index (χ1n) is 9.93. The third kappa shape index (κ3) is 6.61. The molecule has 2 aliphatic heterocycles.